The van der Waals surface area contributed by atoms with Crippen molar-refractivity contribution in [3.05, 3.63) is 35.4 Å². The highest BCUT2D eigenvalue weighted by molar-refractivity contribution is 5.89. The lowest BCUT2D eigenvalue weighted by Crippen LogP contribution is -2.16. The summed E-state index contributed by atoms with van der Waals surface area (Å²) in [6, 6.07) is 3.98. The van der Waals surface area contributed by atoms with E-state index in [2.05, 4.69) is 4.74 Å². The average Bonchev–Trinajstić information content (AvgIpc) is 2.26. The number of carbonyl (C=O) groups excluding carboxylic acids is 1. The maximum atomic E-state index is 12.8. The lowest BCUT2D eigenvalue weighted by molar-refractivity contribution is -0.182. The molecule has 0 saturated heterocycles. The first kappa shape index (κ1) is 12.5. The number of benzene rings is 1. The second-order valence-electron chi connectivity index (χ2n) is 3.02. The summed E-state index contributed by atoms with van der Waals surface area (Å²) >= 11 is 0. The molecule has 0 bridgehead atoms. The van der Waals surface area contributed by atoms with Crippen LogP contribution in [0.15, 0.2) is 24.3 Å². The Morgan fingerprint density at radius 1 is 1.25 bits per heavy atom. The molecular formula is C10H8F4O2. The molecule has 1 rings (SSSR count). The fourth-order valence-electron chi connectivity index (χ4n) is 1.10. The zero-order chi connectivity index (χ0) is 12.3. The Labute approximate surface area is 88.8 Å². The van der Waals surface area contributed by atoms with Crippen LogP contribution in [0.2, 0.25) is 0 Å². The van der Waals surface area contributed by atoms with Gasteiger partial charge in [-0.1, -0.05) is 12.1 Å². The topological polar surface area (TPSA) is 26.3 Å². The van der Waals surface area contributed by atoms with Gasteiger partial charge < -0.3 is 4.74 Å². The molecule has 1 aromatic rings. The molecule has 0 aliphatic heterocycles. The molecule has 0 aliphatic carbocycles. The Hall–Kier alpha value is -1.59. The predicted octanol–water partition coefficient (Wildman–Crippen LogP) is 3.05. The molecule has 0 aliphatic rings. The third-order valence-electron chi connectivity index (χ3n) is 1.91. The van der Waals surface area contributed by atoms with Crippen molar-refractivity contribution >= 4 is 5.97 Å². The van der Waals surface area contributed by atoms with Crippen molar-refractivity contribution in [1.29, 1.82) is 0 Å². The molecule has 88 valence electrons. The van der Waals surface area contributed by atoms with Gasteiger partial charge in [-0.2, -0.15) is 13.2 Å². The molecule has 2 nitrogen and oxygen atoms in total. The number of halogens is 4. The monoisotopic (exact) mass is 236 g/mol. The summed E-state index contributed by atoms with van der Waals surface area (Å²) < 4.78 is 53.1. The van der Waals surface area contributed by atoms with E-state index in [9.17, 15) is 22.4 Å². The Balaban J connectivity index is 2.91. The second-order valence-corrected chi connectivity index (χ2v) is 3.02. The first-order valence-corrected chi connectivity index (χ1v) is 4.25. The van der Waals surface area contributed by atoms with Crippen molar-refractivity contribution in [2.45, 2.75) is 12.3 Å². The van der Waals surface area contributed by atoms with Crippen molar-refractivity contribution in [2.75, 3.05) is 7.11 Å². The lowest BCUT2D eigenvalue weighted by Gasteiger charge is -2.12. The fourth-order valence-corrected chi connectivity index (χ4v) is 1.10. The number of rotatable bonds is 2. The standard InChI is InChI=1S/C10H8F4O2/c1-16-9(15)7-4-2-6(3-5-7)8(11)10(12,13)14/h2-5,8H,1H3. The smallest absolute Gasteiger partial charge is 0.423 e. The van der Waals surface area contributed by atoms with Gasteiger partial charge >= 0.3 is 12.1 Å². The Kier molecular flexibility index (Phi) is 3.51. The van der Waals surface area contributed by atoms with Crippen LogP contribution in [0.3, 0.4) is 0 Å². The van der Waals surface area contributed by atoms with E-state index in [0.717, 1.165) is 31.4 Å². The van der Waals surface area contributed by atoms with E-state index < -0.39 is 23.9 Å². The predicted molar refractivity (Wildman–Crippen MR) is 47.7 cm³/mol. The van der Waals surface area contributed by atoms with Crippen molar-refractivity contribution < 1.29 is 27.1 Å². The lowest BCUT2D eigenvalue weighted by atomic mass is 10.1. The summed E-state index contributed by atoms with van der Waals surface area (Å²) in [6.45, 7) is 0. The second kappa shape index (κ2) is 4.51. The van der Waals surface area contributed by atoms with Gasteiger partial charge in [-0.15, -0.1) is 0 Å². The molecule has 0 heterocycles. The maximum Gasteiger partial charge on any atom is 0.423 e. The molecule has 0 fully saturated rings. The zero-order valence-corrected chi connectivity index (χ0v) is 8.22. The molecule has 1 aromatic carbocycles. The molecule has 0 aromatic heterocycles. The van der Waals surface area contributed by atoms with Crippen molar-refractivity contribution in [3.63, 3.8) is 0 Å². The molecule has 0 N–H and O–H groups in total. The van der Waals surface area contributed by atoms with E-state index in [1.165, 1.54) is 0 Å². The summed E-state index contributed by atoms with van der Waals surface area (Å²) in [7, 11) is 1.14. The van der Waals surface area contributed by atoms with Crippen molar-refractivity contribution in [1.82, 2.24) is 0 Å². The fraction of sp³-hybridized carbons (Fsp3) is 0.300. The van der Waals surface area contributed by atoms with Gasteiger partial charge in [-0.3, -0.25) is 0 Å². The van der Waals surface area contributed by atoms with Crippen LogP contribution in [-0.2, 0) is 4.74 Å². The Morgan fingerprint density at radius 2 is 1.75 bits per heavy atom. The first-order valence-electron chi connectivity index (χ1n) is 4.25. The minimum atomic E-state index is -4.94. The summed E-state index contributed by atoms with van der Waals surface area (Å²) in [5.74, 6) is -0.686. The van der Waals surface area contributed by atoms with E-state index in [-0.39, 0.29) is 5.56 Å². The molecule has 16 heavy (non-hydrogen) atoms. The van der Waals surface area contributed by atoms with Crippen LogP contribution in [0.4, 0.5) is 17.6 Å². The van der Waals surface area contributed by atoms with Crippen molar-refractivity contribution in [2.24, 2.45) is 0 Å². The summed E-state index contributed by atoms with van der Waals surface area (Å²) in [6.07, 6.45) is -7.98. The minimum Gasteiger partial charge on any atom is -0.465 e. The zero-order valence-electron chi connectivity index (χ0n) is 8.22. The van der Waals surface area contributed by atoms with Gasteiger partial charge in [0.05, 0.1) is 12.7 Å². The highest BCUT2D eigenvalue weighted by Crippen LogP contribution is 2.35. The third-order valence-corrected chi connectivity index (χ3v) is 1.91. The van der Waals surface area contributed by atoms with Crippen LogP contribution >= 0.6 is 0 Å². The van der Waals surface area contributed by atoms with Crippen LogP contribution in [-0.4, -0.2) is 19.3 Å². The Morgan fingerprint density at radius 3 is 2.12 bits per heavy atom. The summed E-state index contributed by atoms with van der Waals surface area (Å²) in [4.78, 5) is 11.0. The molecule has 0 spiro atoms. The largest absolute Gasteiger partial charge is 0.465 e. The van der Waals surface area contributed by atoms with E-state index >= 15 is 0 Å². The highest BCUT2D eigenvalue weighted by atomic mass is 19.4. The van der Waals surface area contributed by atoms with E-state index in [1.54, 1.807) is 0 Å². The van der Waals surface area contributed by atoms with Gasteiger partial charge in [0.2, 0.25) is 6.17 Å². The van der Waals surface area contributed by atoms with E-state index in [4.69, 9.17) is 0 Å². The number of carbonyl (C=O) groups is 1. The first-order chi connectivity index (χ1) is 7.36. The van der Waals surface area contributed by atoms with Gasteiger partial charge in [-0.05, 0) is 17.7 Å². The number of hydrogen-bond donors (Lipinski definition) is 0. The number of ether oxygens (including phenoxy) is 1. The SMILES string of the molecule is COC(=O)c1ccc(C(F)C(F)(F)F)cc1. The molecule has 1 atom stereocenters. The molecule has 0 radical (unpaired) electrons. The number of esters is 1. The number of methoxy groups -OCH3 is 1. The van der Waals surface area contributed by atoms with Crippen LogP contribution in [0.5, 0.6) is 0 Å². The van der Waals surface area contributed by atoms with Gasteiger partial charge in [0, 0.05) is 0 Å². The highest BCUT2D eigenvalue weighted by Gasteiger charge is 2.41. The normalized spacial score (nSPS) is 13.3. The van der Waals surface area contributed by atoms with Crippen LogP contribution in [0.25, 0.3) is 0 Å². The third kappa shape index (κ3) is 2.71. The number of alkyl halides is 4. The van der Waals surface area contributed by atoms with E-state index in [0.29, 0.717) is 0 Å². The van der Waals surface area contributed by atoms with Crippen LogP contribution in [0.1, 0.15) is 22.1 Å². The van der Waals surface area contributed by atoms with Crippen LogP contribution in [0, 0.1) is 0 Å². The molecule has 6 heteroatoms. The quantitative estimate of drug-likeness (QED) is 0.582. The summed E-state index contributed by atoms with van der Waals surface area (Å²) in [5, 5.41) is 0. The molecule has 0 amide bonds. The summed E-state index contributed by atoms with van der Waals surface area (Å²) in [5.41, 5.74) is -0.472. The number of hydrogen-bond acceptors (Lipinski definition) is 2. The minimum absolute atomic E-state index is 0.0700. The van der Waals surface area contributed by atoms with E-state index in [1.807, 2.05) is 0 Å². The molecule has 1 unspecified atom stereocenters. The Bertz CT molecular complexity index is 369. The molecule has 0 saturated carbocycles. The van der Waals surface area contributed by atoms with Gasteiger partial charge in [-0.25, -0.2) is 9.18 Å². The van der Waals surface area contributed by atoms with Gasteiger partial charge in [0.25, 0.3) is 0 Å². The average molecular weight is 236 g/mol. The van der Waals surface area contributed by atoms with Crippen LogP contribution < -0.4 is 0 Å². The van der Waals surface area contributed by atoms with Gasteiger partial charge in [0.1, 0.15) is 0 Å². The van der Waals surface area contributed by atoms with Gasteiger partial charge in [0.15, 0.2) is 0 Å². The molecular weight excluding hydrogens is 228 g/mol. The maximum absolute atomic E-state index is 12.8. The van der Waals surface area contributed by atoms with Crippen molar-refractivity contribution in [3.8, 4) is 0 Å².